The topological polar surface area (TPSA) is 46.3 Å². The molecule has 0 aromatic rings. The van der Waals surface area contributed by atoms with Gasteiger partial charge in [-0.1, -0.05) is 0 Å². The van der Waals surface area contributed by atoms with Crippen LogP contribution in [0.3, 0.4) is 0 Å². The van der Waals surface area contributed by atoms with E-state index < -0.39 is 0 Å². The summed E-state index contributed by atoms with van der Waals surface area (Å²) in [6, 6.07) is 0.391. The van der Waals surface area contributed by atoms with E-state index in [0.29, 0.717) is 12.5 Å². The molecule has 3 heteroatoms. The van der Waals surface area contributed by atoms with Gasteiger partial charge >= 0.3 is 0 Å². The van der Waals surface area contributed by atoms with Crippen LogP contribution in [0.5, 0.6) is 0 Å². The van der Waals surface area contributed by atoms with Crippen LogP contribution < -0.4 is 5.73 Å². The summed E-state index contributed by atoms with van der Waals surface area (Å²) < 4.78 is 0. The highest BCUT2D eigenvalue weighted by Gasteiger charge is 2.14. The zero-order chi connectivity index (χ0) is 8.10. The lowest BCUT2D eigenvalue weighted by Crippen LogP contribution is -2.40. The summed E-state index contributed by atoms with van der Waals surface area (Å²) in [7, 11) is 0. The average Bonchev–Trinajstić information content (AvgIpc) is 2.04. The van der Waals surface area contributed by atoms with E-state index in [9.17, 15) is 4.79 Å². The van der Waals surface area contributed by atoms with E-state index in [1.165, 1.54) is 0 Å². The number of carbonyl (C=O) groups is 1. The molecule has 64 valence electrons. The van der Waals surface area contributed by atoms with Gasteiger partial charge in [-0.25, -0.2) is 0 Å². The van der Waals surface area contributed by atoms with Gasteiger partial charge in [0.05, 0.1) is 0 Å². The molecule has 1 fully saturated rings. The minimum atomic E-state index is 0.391. The second-order valence-corrected chi connectivity index (χ2v) is 3.13. The number of nitrogens with zero attached hydrogens (tertiary/aromatic N) is 1. The highest BCUT2D eigenvalue weighted by atomic mass is 16.1. The van der Waals surface area contributed by atoms with Crippen molar-refractivity contribution in [3.8, 4) is 0 Å². The number of nitrogens with two attached hydrogens (primary N) is 1. The summed E-state index contributed by atoms with van der Waals surface area (Å²) in [5.41, 5.74) is 5.73. The predicted octanol–water partition coefficient (Wildman–Crippen LogP) is -0.00150. The van der Waals surface area contributed by atoms with Crippen LogP contribution in [0, 0.1) is 0 Å². The first kappa shape index (κ1) is 8.68. The highest BCUT2D eigenvalue weighted by molar-refractivity contribution is 5.49. The van der Waals surface area contributed by atoms with Gasteiger partial charge in [0, 0.05) is 19.0 Å². The van der Waals surface area contributed by atoms with Gasteiger partial charge in [-0.2, -0.15) is 0 Å². The van der Waals surface area contributed by atoms with Crippen molar-refractivity contribution in [1.29, 1.82) is 0 Å². The minimum absolute atomic E-state index is 0.391. The van der Waals surface area contributed by atoms with Crippen molar-refractivity contribution in [3.05, 3.63) is 0 Å². The van der Waals surface area contributed by atoms with Gasteiger partial charge in [0.1, 0.15) is 6.29 Å². The van der Waals surface area contributed by atoms with Crippen molar-refractivity contribution in [3.63, 3.8) is 0 Å². The maximum absolute atomic E-state index is 10.1. The fraction of sp³-hybridized carbons (Fsp3) is 0.875. The standard InChI is InChI=1S/C8H16N2O/c9-8-2-5-10(6-3-8)4-1-7-11/h7-8H,1-6,9H2. The van der Waals surface area contributed by atoms with Gasteiger partial charge in [-0.05, 0) is 25.9 Å². The maximum Gasteiger partial charge on any atom is 0.121 e. The van der Waals surface area contributed by atoms with Gasteiger partial charge in [0.25, 0.3) is 0 Å². The first-order chi connectivity index (χ1) is 5.33. The smallest absolute Gasteiger partial charge is 0.121 e. The molecule has 0 radical (unpaired) electrons. The van der Waals surface area contributed by atoms with Crippen molar-refractivity contribution in [1.82, 2.24) is 4.90 Å². The molecule has 0 saturated carbocycles. The Morgan fingerprint density at radius 2 is 2.09 bits per heavy atom. The summed E-state index contributed by atoms with van der Waals surface area (Å²) in [5.74, 6) is 0. The molecular formula is C8H16N2O. The molecule has 1 heterocycles. The largest absolute Gasteiger partial charge is 0.328 e. The van der Waals surface area contributed by atoms with Gasteiger partial charge in [-0.15, -0.1) is 0 Å². The number of piperidine rings is 1. The van der Waals surface area contributed by atoms with Crippen molar-refractivity contribution in [2.24, 2.45) is 5.73 Å². The molecule has 0 spiro atoms. The quantitative estimate of drug-likeness (QED) is 0.585. The van der Waals surface area contributed by atoms with Gasteiger partial charge in [-0.3, -0.25) is 0 Å². The molecule has 0 unspecified atom stereocenters. The van der Waals surface area contributed by atoms with Crippen LogP contribution in [0.25, 0.3) is 0 Å². The van der Waals surface area contributed by atoms with Gasteiger partial charge in [0.2, 0.25) is 0 Å². The maximum atomic E-state index is 10.1. The lowest BCUT2D eigenvalue weighted by Gasteiger charge is -2.29. The van der Waals surface area contributed by atoms with Crippen molar-refractivity contribution in [2.45, 2.75) is 25.3 Å². The van der Waals surface area contributed by atoms with Crippen LogP contribution >= 0.6 is 0 Å². The van der Waals surface area contributed by atoms with E-state index in [4.69, 9.17) is 5.73 Å². The van der Waals surface area contributed by atoms with Crippen LogP contribution in [-0.4, -0.2) is 36.9 Å². The Kier molecular flexibility index (Phi) is 3.52. The SMILES string of the molecule is NC1CCN(CCC=O)CC1. The molecule has 1 saturated heterocycles. The summed E-state index contributed by atoms with van der Waals surface area (Å²) in [6.45, 7) is 3.04. The summed E-state index contributed by atoms with van der Waals surface area (Å²) in [6.07, 6.45) is 3.81. The van der Waals surface area contributed by atoms with Gasteiger partial charge in [0.15, 0.2) is 0 Å². The Bertz CT molecular complexity index is 119. The van der Waals surface area contributed by atoms with E-state index in [-0.39, 0.29) is 0 Å². The second-order valence-electron chi connectivity index (χ2n) is 3.13. The van der Waals surface area contributed by atoms with E-state index in [2.05, 4.69) is 4.90 Å². The Balaban J connectivity index is 2.12. The molecule has 0 bridgehead atoms. The molecule has 0 aliphatic carbocycles. The third kappa shape index (κ3) is 2.99. The van der Waals surface area contributed by atoms with Crippen LogP contribution in [0.2, 0.25) is 0 Å². The fourth-order valence-electron chi connectivity index (χ4n) is 1.41. The third-order valence-electron chi connectivity index (χ3n) is 2.20. The molecule has 1 aliphatic rings. The number of hydrogen-bond donors (Lipinski definition) is 1. The molecular weight excluding hydrogens is 140 g/mol. The Labute approximate surface area is 67.5 Å². The van der Waals surface area contributed by atoms with Crippen molar-refractivity contribution in [2.75, 3.05) is 19.6 Å². The zero-order valence-corrected chi connectivity index (χ0v) is 6.83. The van der Waals surface area contributed by atoms with E-state index in [1.54, 1.807) is 0 Å². The number of rotatable bonds is 3. The van der Waals surface area contributed by atoms with Gasteiger partial charge < -0.3 is 15.4 Å². The fourth-order valence-corrected chi connectivity index (χ4v) is 1.41. The van der Waals surface area contributed by atoms with E-state index in [0.717, 1.165) is 38.8 Å². The number of aldehydes is 1. The number of likely N-dealkylation sites (tertiary alicyclic amines) is 1. The van der Waals surface area contributed by atoms with E-state index in [1.807, 2.05) is 0 Å². The minimum Gasteiger partial charge on any atom is -0.328 e. The molecule has 0 aromatic carbocycles. The van der Waals surface area contributed by atoms with Crippen LogP contribution in [0.4, 0.5) is 0 Å². The van der Waals surface area contributed by atoms with Crippen LogP contribution in [0.15, 0.2) is 0 Å². The third-order valence-corrected chi connectivity index (χ3v) is 2.20. The molecule has 1 rings (SSSR count). The van der Waals surface area contributed by atoms with Crippen LogP contribution in [-0.2, 0) is 4.79 Å². The lowest BCUT2D eigenvalue weighted by atomic mass is 10.1. The summed E-state index contributed by atoms with van der Waals surface area (Å²) in [5, 5.41) is 0. The summed E-state index contributed by atoms with van der Waals surface area (Å²) >= 11 is 0. The zero-order valence-electron chi connectivity index (χ0n) is 6.83. The van der Waals surface area contributed by atoms with Crippen molar-refractivity contribution < 1.29 is 4.79 Å². The molecule has 0 aromatic heterocycles. The second kappa shape index (κ2) is 4.46. The van der Waals surface area contributed by atoms with Crippen LogP contribution in [0.1, 0.15) is 19.3 Å². The first-order valence-corrected chi connectivity index (χ1v) is 4.24. The Morgan fingerprint density at radius 3 is 2.64 bits per heavy atom. The monoisotopic (exact) mass is 156 g/mol. The summed E-state index contributed by atoms with van der Waals surface area (Å²) in [4.78, 5) is 12.4. The van der Waals surface area contributed by atoms with E-state index >= 15 is 0 Å². The highest BCUT2D eigenvalue weighted by Crippen LogP contribution is 2.07. The molecule has 3 nitrogen and oxygen atoms in total. The predicted molar refractivity (Wildman–Crippen MR) is 44.3 cm³/mol. The number of hydrogen-bond acceptors (Lipinski definition) is 3. The Hall–Kier alpha value is -0.410. The average molecular weight is 156 g/mol. The molecule has 0 atom stereocenters. The number of carbonyl (C=O) groups excluding carboxylic acids is 1. The molecule has 1 aliphatic heterocycles. The molecule has 0 amide bonds. The normalized spacial score (nSPS) is 21.9. The molecule has 11 heavy (non-hydrogen) atoms. The van der Waals surface area contributed by atoms with Crippen molar-refractivity contribution >= 4 is 6.29 Å². The first-order valence-electron chi connectivity index (χ1n) is 4.24. The lowest BCUT2D eigenvalue weighted by molar-refractivity contribution is -0.108. The Morgan fingerprint density at radius 1 is 1.45 bits per heavy atom. The molecule has 2 N–H and O–H groups in total.